The number of nitrogens with zero attached hydrogens (tertiary/aromatic N) is 2. The van der Waals surface area contributed by atoms with Gasteiger partial charge < -0.3 is 9.88 Å². The first-order chi connectivity index (χ1) is 9.11. The number of nitrogens with one attached hydrogen (secondary N) is 1. The Morgan fingerprint density at radius 1 is 1.32 bits per heavy atom. The van der Waals surface area contributed by atoms with Crippen molar-refractivity contribution in [1.82, 2.24) is 14.9 Å². The van der Waals surface area contributed by atoms with Crippen molar-refractivity contribution in [3.63, 3.8) is 0 Å². The SMILES string of the molecule is CCNC(Cc1c(Cl)cccc1Cl)c1cn(C)cn1. The minimum absolute atomic E-state index is 0.114. The number of hydrogen-bond acceptors (Lipinski definition) is 2. The molecule has 0 saturated heterocycles. The fourth-order valence-corrected chi connectivity index (χ4v) is 2.62. The van der Waals surface area contributed by atoms with Gasteiger partial charge in [0.05, 0.1) is 18.1 Å². The van der Waals surface area contributed by atoms with Crippen LogP contribution in [0.2, 0.25) is 10.0 Å². The minimum atomic E-state index is 0.114. The van der Waals surface area contributed by atoms with Gasteiger partial charge in [-0.25, -0.2) is 4.98 Å². The summed E-state index contributed by atoms with van der Waals surface area (Å²) in [4.78, 5) is 4.40. The van der Waals surface area contributed by atoms with Crippen LogP contribution in [-0.2, 0) is 13.5 Å². The zero-order chi connectivity index (χ0) is 13.8. The topological polar surface area (TPSA) is 29.9 Å². The second-order valence-corrected chi connectivity index (χ2v) is 5.29. The van der Waals surface area contributed by atoms with Crippen LogP contribution in [0.5, 0.6) is 0 Å². The lowest BCUT2D eigenvalue weighted by molar-refractivity contribution is 0.538. The summed E-state index contributed by atoms with van der Waals surface area (Å²) >= 11 is 12.5. The van der Waals surface area contributed by atoms with Gasteiger partial charge >= 0.3 is 0 Å². The molecule has 0 aliphatic rings. The predicted octanol–water partition coefficient (Wildman–Crippen LogP) is 3.62. The van der Waals surface area contributed by atoms with Gasteiger partial charge in [0.2, 0.25) is 0 Å². The Balaban J connectivity index is 2.26. The largest absolute Gasteiger partial charge is 0.340 e. The second-order valence-electron chi connectivity index (χ2n) is 4.48. The van der Waals surface area contributed by atoms with Gasteiger partial charge in [-0.3, -0.25) is 0 Å². The molecule has 2 rings (SSSR count). The zero-order valence-corrected chi connectivity index (χ0v) is 12.5. The molecule has 102 valence electrons. The Morgan fingerprint density at radius 3 is 2.53 bits per heavy atom. The number of rotatable bonds is 5. The molecule has 0 aliphatic heterocycles. The first-order valence-electron chi connectivity index (χ1n) is 6.26. The third-order valence-corrected chi connectivity index (χ3v) is 3.71. The molecule has 1 unspecified atom stereocenters. The molecule has 0 radical (unpaired) electrons. The Labute approximate surface area is 123 Å². The van der Waals surface area contributed by atoms with E-state index < -0.39 is 0 Å². The van der Waals surface area contributed by atoms with E-state index in [1.807, 2.05) is 36.0 Å². The Hall–Kier alpha value is -1.03. The average Bonchev–Trinajstić information content (AvgIpc) is 2.79. The summed E-state index contributed by atoms with van der Waals surface area (Å²) in [6.07, 6.45) is 4.54. The van der Waals surface area contributed by atoms with Crippen LogP contribution >= 0.6 is 23.2 Å². The maximum absolute atomic E-state index is 6.23. The fourth-order valence-electron chi connectivity index (χ4n) is 2.07. The highest BCUT2D eigenvalue weighted by Crippen LogP contribution is 2.28. The monoisotopic (exact) mass is 297 g/mol. The van der Waals surface area contributed by atoms with Crippen molar-refractivity contribution >= 4 is 23.2 Å². The zero-order valence-electron chi connectivity index (χ0n) is 11.0. The molecule has 3 nitrogen and oxygen atoms in total. The number of aromatic nitrogens is 2. The molecule has 0 amide bonds. The third kappa shape index (κ3) is 3.50. The van der Waals surface area contributed by atoms with Crippen molar-refractivity contribution in [3.05, 3.63) is 52.0 Å². The molecule has 1 N–H and O–H groups in total. The minimum Gasteiger partial charge on any atom is -0.340 e. The van der Waals surface area contributed by atoms with Crippen LogP contribution in [0.4, 0.5) is 0 Å². The summed E-state index contributed by atoms with van der Waals surface area (Å²) in [5.74, 6) is 0. The Bertz CT molecular complexity index is 531. The van der Waals surface area contributed by atoms with Crippen molar-refractivity contribution in [2.24, 2.45) is 7.05 Å². The van der Waals surface area contributed by atoms with Crippen LogP contribution < -0.4 is 5.32 Å². The van der Waals surface area contributed by atoms with E-state index >= 15 is 0 Å². The van der Waals surface area contributed by atoms with Gasteiger partial charge in [-0.1, -0.05) is 36.2 Å². The standard InChI is InChI=1S/C14H17Cl2N3/c1-3-17-13(14-8-19(2)9-18-14)7-10-11(15)5-4-6-12(10)16/h4-6,8-9,13,17H,3,7H2,1-2H3. The van der Waals surface area contributed by atoms with Gasteiger partial charge in [0.1, 0.15) is 0 Å². The van der Waals surface area contributed by atoms with E-state index in [0.717, 1.165) is 24.2 Å². The molecule has 0 saturated carbocycles. The maximum atomic E-state index is 6.23. The van der Waals surface area contributed by atoms with E-state index in [2.05, 4.69) is 17.2 Å². The lowest BCUT2D eigenvalue weighted by Gasteiger charge is -2.17. The number of aryl methyl sites for hydroxylation is 1. The Kier molecular flexibility index (Phi) is 4.86. The second kappa shape index (κ2) is 6.42. The van der Waals surface area contributed by atoms with Crippen LogP contribution in [0.3, 0.4) is 0 Å². The van der Waals surface area contributed by atoms with E-state index in [-0.39, 0.29) is 6.04 Å². The smallest absolute Gasteiger partial charge is 0.0947 e. The van der Waals surface area contributed by atoms with E-state index in [1.165, 1.54) is 0 Å². The molecule has 1 heterocycles. The molecular formula is C14H17Cl2N3. The fraction of sp³-hybridized carbons (Fsp3) is 0.357. The lowest BCUT2D eigenvalue weighted by atomic mass is 10.0. The number of hydrogen-bond donors (Lipinski definition) is 1. The van der Waals surface area contributed by atoms with Crippen LogP contribution in [-0.4, -0.2) is 16.1 Å². The van der Waals surface area contributed by atoms with Crippen LogP contribution in [0, 0.1) is 0 Å². The van der Waals surface area contributed by atoms with Crippen molar-refractivity contribution in [3.8, 4) is 0 Å². The molecular weight excluding hydrogens is 281 g/mol. The van der Waals surface area contributed by atoms with Gasteiger partial charge in [0.25, 0.3) is 0 Å². The molecule has 5 heteroatoms. The lowest BCUT2D eigenvalue weighted by Crippen LogP contribution is -2.23. The summed E-state index contributed by atoms with van der Waals surface area (Å²) in [5.41, 5.74) is 1.96. The summed E-state index contributed by atoms with van der Waals surface area (Å²) < 4.78 is 1.94. The number of imidazole rings is 1. The van der Waals surface area contributed by atoms with Gasteiger partial charge in [0, 0.05) is 23.3 Å². The first kappa shape index (κ1) is 14.4. The van der Waals surface area contributed by atoms with Crippen LogP contribution in [0.25, 0.3) is 0 Å². The average molecular weight is 298 g/mol. The van der Waals surface area contributed by atoms with Gasteiger partial charge in [-0.2, -0.15) is 0 Å². The summed E-state index contributed by atoms with van der Waals surface area (Å²) in [6.45, 7) is 2.94. The van der Waals surface area contributed by atoms with E-state index in [9.17, 15) is 0 Å². The van der Waals surface area contributed by atoms with E-state index in [0.29, 0.717) is 10.0 Å². The molecule has 2 aromatic rings. The summed E-state index contributed by atoms with van der Waals surface area (Å²) in [7, 11) is 1.96. The normalized spacial score (nSPS) is 12.6. The molecule has 1 aromatic carbocycles. The molecule has 0 spiro atoms. The molecule has 1 aromatic heterocycles. The predicted molar refractivity (Wildman–Crippen MR) is 79.8 cm³/mol. The van der Waals surface area contributed by atoms with Gasteiger partial charge in [0.15, 0.2) is 0 Å². The Morgan fingerprint density at radius 2 is 2.00 bits per heavy atom. The van der Waals surface area contributed by atoms with Gasteiger partial charge in [-0.05, 0) is 30.7 Å². The summed E-state index contributed by atoms with van der Waals surface area (Å²) in [6, 6.07) is 5.70. The maximum Gasteiger partial charge on any atom is 0.0947 e. The number of benzene rings is 1. The quantitative estimate of drug-likeness (QED) is 0.913. The molecule has 19 heavy (non-hydrogen) atoms. The van der Waals surface area contributed by atoms with Crippen molar-refractivity contribution < 1.29 is 0 Å². The number of likely N-dealkylation sites (N-methyl/N-ethyl adjacent to an activating group) is 1. The van der Waals surface area contributed by atoms with E-state index in [1.54, 1.807) is 6.33 Å². The molecule has 0 bridgehead atoms. The van der Waals surface area contributed by atoms with Crippen LogP contribution in [0.15, 0.2) is 30.7 Å². The molecule has 0 aliphatic carbocycles. The highest BCUT2D eigenvalue weighted by atomic mass is 35.5. The highest BCUT2D eigenvalue weighted by Gasteiger charge is 2.17. The van der Waals surface area contributed by atoms with Crippen molar-refractivity contribution in [1.29, 1.82) is 0 Å². The highest BCUT2D eigenvalue weighted by molar-refractivity contribution is 6.36. The van der Waals surface area contributed by atoms with Crippen LogP contribution in [0.1, 0.15) is 24.2 Å². The molecule has 1 atom stereocenters. The third-order valence-electron chi connectivity index (χ3n) is 3.00. The van der Waals surface area contributed by atoms with Crippen molar-refractivity contribution in [2.75, 3.05) is 6.54 Å². The van der Waals surface area contributed by atoms with Crippen molar-refractivity contribution in [2.45, 2.75) is 19.4 Å². The number of halogens is 2. The molecule has 0 fully saturated rings. The first-order valence-corrected chi connectivity index (χ1v) is 7.01. The van der Waals surface area contributed by atoms with E-state index in [4.69, 9.17) is 23.2 Å². The van der Waals surface area contributed by atoms with Gasteiger partial charge in [-0.15, -0.1) is 0 Å². The summed E-state index contributed by atoms with van der Waals surface area (Å²) in [5, 5.41) is 4.82.